The minimum absolute atomic E-state index is 0.241. The second-order valence-electron chi connectivity index (χ2n) is 4.62. The standard InChI is InChI=1S/C14H20N2O2/c1-3-11(9-17)7-15-8-12-4-5-14-13(6-12)16-10(2)18-14/h4-6,11,15,17H,3,7-9H2,1-2H3. The molecule has 0 saturated heterocycles. The molecule has 0 spiro atoms. The van der Waals surface area contributed by atoms with Crippen LogP contribution in [0.2, 0.25) is 0 Å². The zero-order chi connectivity index (χ0) is 13.0. The fraction of sp³-hybridized carbons (Fsp3) is 0.500. The van der Waals surface area contributed by atoms with Gasteiger partial charge in [-0.3, -0.25) is 0 Å². The van der Waals surface area contributed by atoms with Crippen LogP contribution in [0.1, 0.15) is 24.8 Å². The van der Waals surface area contributed by atoms with E-state index in [-0.39, 0.29) is 6.61 Å². The van der Waals surface area contributed by atoms with Crippen LogP contribution in [0, 0.1) is 12.8 Å². The number of oxazole rings is 1. The molecule has 0 radical (unpaired) electrons. The van der Waals surface area contributed by atoms with Gasteiger partial charge >= 0.3 is 0 Å². The summed E-state index contributed by atoms with van der Waals surface area (Å²) in [5, 5.41) is 12.5. The molecule has 0 aliphatic rings. The third kappa shape index (κ3) is 3.09. The van der Waals surface area contributed by atoms with E-state index in [1.54, 1.807) is 0 Å². The number of rotatable bonds is 6. The lowest BCUT2D eigenvalue weighted by Gasteiger charge is -2.12. The molecular formula is C14H20N2O2. The van der Waals surface area contributed by atoms with E-state index in [9.17, 15) is 0 Å². The van der Waals surface area contributed by atoms with Gasteiger partial charge in [-0.05, 0) is 30.0 Å². The number of aryl methyl sites for hydroxylation is 1. The van der Waals surface area contributed by atoms with Gasteiger partial charge in [0.2, 0.25) is 0 Å². The minimum Gasteiger partial charge on any atom is -0.441 e. The van der Waals surface area contributed by atoms with Gasteiger partial charge in [-0.2, -0.15) is 0 Å². The second-order valence-corrected chi connectivity index (χ2v) is 4.62. The molecule has 1 aromatic heterocycles. The van der Waals surface area contributed by atoms with Gasteiger partial charge in [0, 0.05) is 26.6 Å². The van der Waals surface area contributed by atoms with E-state index in [1.807, 2.05) is 25.1 Å². The molecule has 0 bridgehead atoms. The van der Waals surface area contributed by atoms with Crippen LogP contribution in [0.4, 0.5) is 0 Å². The topological polar surface area (TPSA) is 58.3 Å². The Balaban J connectivity index is 1.95. The van der Waals surface area contributed by atoms with Crippen LogP contribution in [-0.4, -0.2) is 23.2 Å². The maximum absolute atomic E-state index is 9.10. The van der Waals surface area contributed by atoms with Crippen LogP contribution in [0.3, 0.4) is 0 Å². The Hall–Kier alpha value is -1.39. The Bertz CT molecular complexity index is 503. The smallest absolute Gasteiger partial charge is 0.192 e. The van der Waals surface area contributed by atoms with Crippen LogP contribution in [0.25, 0.3) is 11.1 Å². The molecule has 98 valence electrons. The Morgan fingerprint density at radius 1 is 1.44 bits per heavy atom. The van der Waals surface area contributed by atoms with Gasteiger partial charge in [0.25, 0.3) is 0 Å². The highest BCUT2D eigenvalue weighted by atomic mass is 16.3. The van der Waals surface area contributed by atoms with E-state index in [2.05, 4.69) is 17.2 Å². The normalized spacial score (nSPS) is 13.1. The van der Waals surface area contributed by atoms with Gasteiger partial charge in [-0.1, -0.05) is 13.0 Å². The summed E-state index contributed by atoms with van der Waals surface area (Å²) in [4.78, 5) is 4.31. The van der Waals surface area contributed by atoms with Crippen LogP contribution < -0.4 is 5.32 Å². The largest absolute Gasteiger partial charge is 0.441 e. The molecule has 2 N–H and O–H groups in total. The Morgan fingerprint density at radius 3 is 3.00 bits per heavy atom. The molecular weight excluding hydrogens is 228 g/mol. The van der Waals surface area contributed by atoms with Crippen molar-refractivity contribution in [2.75, 3.05) is 13.2 Å². The SMILES string of the molecule is CCC(CO)CNCc1ccc2oc(C)nc2c1. The number of aromatic nitrogens is 1. The first kappa shape index (κ1) is 13.1. The van der Waals surface area contributed by atoms with Crippen molar-refractivity contribution >= 4 is 11.1 Å². The maximum Gasteiger partial charge on any atom is 0.192 e. The summed E-state index contributed by atoms with van der Waals surface area (Å²) in [6.45, 7) is 5.81. The molecule has 0 fully saturated rings. The van der Waals surface area contributed by atoms with E-state index < -0.39 is 0 Å². The number of hydrogen-bond acceptors (Lipinski definition) is 4. The third-order valence-corrected chi connectivity index (χ3v) is 3.16. The van der Waals surface area contributed by atoms with E-state index in [0.717, 1.165) is 30.6 Å². The van der Waals surface area contributed by atoms with Gasteiger partial charge in [0.1, 0.15) is 5.52 Å². The van der Waals surface area contributed by atoms with Crippen LogP contribution >= 0.6 is 0 Å². The van der Waals surface area contributed by atoms with Crippen molar-refractivity contribution in [2.45, 2.75) is 26.8 Å². The molecule has 1 heterocycles. The summed E-state index contributed by atoms with van der Waals surface area (Å²) in [6, 6.07) is 6.04. The van der Waals surface area contributed by atoms with Gasteiger partial charge in [0.05, 0.1) is 0 Å². The third-order valence-electron chi connectivity index (χ3n) is 3.16. The zero-order valence-corrected chi connectivity index (χ0v) is 10.9. The molecule has 0 aliphatic heterocycles. The van der Waals surface area contributed by atoms with Crippen LogP contribution in [0.15, 0.2) is 22.6 Å². The van der Waals surface area contributed by atoms with Crippen molar-refractivity contribution in [1.29, 1.82) is 0 Å². The van der Waals surface area contributed by atoms with Crippen LogP contribution in [0.5, 0.6) is 0 Å². The van der Waals surface area contributed by atoms with Crippen molar-refractivity contribution in [1.82, 2.24) is 10.3 Å². The first-order chi connectivity index (χ1) is 8.72. The van der Waals surface area contributed by atoms with Crippen molar-refractivity contribution < 1.29 is 9.52 Å². The summed E-state index contributed by atoms with van der Waals surface area (Å²) in [7, 11) is 0. The molecule has 2 aromatic rings. The van der Waals surface area contributed by atoms with Crippen molar-refractivity contribution in [3.63, 3.8) is 0 Å². The average molecular weight is 248 g/mol. The fourth-order valence-corrected chi connectivity index (χ4v) is 1.96. The number of fused-ring (bicyclic) bond motifs is 1. The van der Waals surface area contributed by atoms with Gasteiger partial charge in [0.15, 0.2) is 11.5 Å². The van der Waals surface area contributed by atoms with Crippen molar-refractivity contribution in [3.05, 3.63) is 29.7 Å². The zero-order valence-electron chi connectivity index (χ0n) is 10.9. The fourth-order valence-electron chi connectivity index (χ4n) is 1.96. The number of nitrogens with zero attached hydrogens (tertiary/aromatic N) is 1. The summed E-state index contributed by atoms with van der Waals surface area (Å²) in [5.41, 5.74) is 2.92. The Kier molecular flexibility index (Phi) is 4.33. The molecule has 4 heteroatoms. The predicted octanol–water partition coefficient (Wildman–Crippen LogP) is 2.24. The lowest BCUT2D eigenvalue weighted by Crippen LogP contribution is -2.24. The molecule has 0 saturated carbocycles. The molecule has 18 heavy (non-hydrogen) atoms. The van der Waals surface area contributed by atoms with Gasteiger partial charge in [-0.25, -0.2) is 4.98 Å². The highest BCUT2D eigenvalue weighted by Crippen LogP contribution is 2.16. The monoisotopic (exact) mass is 248 g/mol. The van der Waals surface area contributed by atoms with E-state index in [0.29, 0.717) is 11.8 Å². The molecule has 1 atom stereocenters. The highest BCUT2D eigenvalue weighted by Gasteiger charge is 2.05. The quantitative estimate of drug-likeness (QED) is 0.823. The van der Waals surface area contributed by atoms with Crippen molar-refractivity contribution in [2.24, 2.45) is 5.92 Å². The molecule has 2 rings (SSSR count). The second kappa shape index (κ2) is 5.98. The lowest BCUT2D eigenvalue weighted by atomic mass is 10.1. The number of nitrogens with one attached hydrogen (secondary N) is 1. The number of benzene rings is 1. The predicted molar refractivity (Wildman–Crippen MR) is 71.3 cm³/mol. The molecule has 0 amide bonds. The van der Waals surface area contributed by atoms with E-state index >= 15 is 0 Å². The molecule has 0 aliphatic carbocycles. The number of aliphatic hydroxyl groups is 1. The van der Waals surface area contributed by atoms with Crippen LogP contribution in [-0.2, 0) is 6.54 Å². The average Bonchev–Trinajstić information content (AvgIpc) is 2.74. The lowest BCUT2D eigenvalue weighted by molar-refractivity contribution is 0.218. The molecule has 4 nitrogen and oxygen atoms in total. The summed E-state index contributed by atoms with van der Waals surface area (Å²) in [5.74, 6) is 1.03. The summed E-state index contributed by atoms with van der Waals surface area (Å²) >= 11 is 0. The minimum atomic E-state index is 0.241. The number of aliphatic hydroxyl groups excluding tert-OH is 1. The molecule has 1 unspecified atom stereocenters. The summed E-state index contributed by atoms with van der Waals surface area (Å²) in [6.07, 6.45) is 0.991. The maximum atomic E-state index is 9.10. The van der Waals surface area contributed by atoms with Crippen molar-refractivity contribution in [3.8, 4) is 0 Å². The highest BCUT2D eigenvalue weighted by molar-refractivity contribution is 5.73. The summed E-state index contributed by atoms with van der Waals surface area (Å²) < 4.78 is 5.44. The van der Waals surface area contributed by atoms with E-state index in [4.69, 9.17) is 9.52 Å². The van der Waals surface area contributed by atoms with Gasteiger partial charge < -0.3 is 14.8 Å². The first-order valence-electron chi connectivity index (χ1n) is 6.40. The van der Waals surface area contributed by atoms with Gasteiger partial charge in [-0.15, -0.1) is 0 Å². The Morgan fingerprint density at radius 2 is 2.28 bits per heavy atom. The number of hydrogen-bond donors (Lipinski definition) is 2. The first-order valence-corrected chi connectivity index (χ1v) is 6.40. The molecule has 1 aromatic carbocycles. The van der Waals surface area contributed by atoms with E-state index in [1.165, 1.54) is 5.56 Å². The Labute approximate surface area is 107 Å².